The minimum absolute atomic E-state index is 0.0456. The van der Waals surface area contributed by atoms with Gasteiger partial charge < -0.3 is 16.0 Å². The van der Waals surface area contributed by atoms with Crippen LogP contribution in [0.4, 0.5) is 21.6 Å². The highest BCUT2D eigenvalue weighted by Crippen LogP contribution is 2.32. The van der Waals surface area contributed by atoms with Crippen LogP contribution in [0, 0.1) is 17.7 Å². The molecule has 3 N–H and O–H groups in total. The first-order chi connectivity index (χ1) is 17.9. The van der Waals surface area contributed by atoms with Gasteiger partial charge in [-0.3, -0.25) is 14.6 Å². The summed E-state index contributed by atoms with van der Waals surface area (Å²) in [4.78, 5) is 33.4. The Bertz CT molecular complexity index is 1280. The Labute approximate surface area is 215 Å². The van der Waals surface area contributed by atoms with Gasteiger partial charge in [0, 0.05) is 37.2 Å². The van der Waals surface area contributed by atoms with Crippen LogP contribution in [0.3, 0.4) is 0 Å². The van der Waals surface area contributed by atoms with Gasteiger partial charge in [0.15, 0.2) is 17.2 Å². The second-order valence-electron chi connectivity index (χ2n) is 10.8. The summed E-state index contributed by atoms with van der Waals surface area (Å²) in [5.74, 6) is 0.751. The van der Waals surface area contributed by atoms with Crippen molar-refractivity contribution in [1.29, 1.82) is 0 Å². The number of imidazole rings is 1. The van der Waals surface area contributed by atoms with E-state index in [9.17, 15) is 14.0 Å². The first-order valence-electron chi connectivity index (χ1n) is 13.2. The van der Waals surface area contributed by atoms with E-state index in [0.717, 1.165) is 50.4 Å². The van der Waals surface area contributed by atoms with Gasteiger partial charge >= 0.3 is 0 Å². The average Bonchev–Trinajstić information content (AvgIpc) is 3.56. The summed E-state index contributed by atoms with van der Waals surface area (Å²) >= 11 is 0. The first kappa shape index (κ1) is 25.1. The largest absolute Gasteiger partial charge is 0.379 e. The number of amides is 1. The fraction of sp³-hybridized carbons (Fsp3) is 0.519. The smallest absolute Gasteiger partial charge is 0.276 e. The molecule has 2 saturated carbocycles. The molecule has 3 aromatic heterocycles. The summed E-state index contributed by atoms with van der Waals surface area (Å²) in [5.41, 5.74) is 1.61. The molecule has 0 bridgehead atoms. The molecule has 37 heavy (non-hydrogen) atoms. The molecule has 3 aromatic rings. The molecule has 9 nitrogen and oxygen atoms in total. The minimum atomic E-state index is -0.613. The van der Waals surface area contributed by atoms with E-state index in [0.29, 0.717) is 48.0 Å². The highest BCUT2D eigenvalue weighted by Gasteiger charge is 2.26. The van der Waals surface area contributed by atoms with Crippen molar-refractivity contribution in [2.45, 2.75) is 77.3 Å². The third kappa shape index (κ3) is 6.23. The van der Waals surface area contributed by atoms with Crippen LogP contribution in [0.25, 0.3) is 5.65 Å². The van der Waals surface area contributed by atoms with Crippen LogP contribution in [0.1, 0.15) is 75.7 Å². The van der Waals surface area contributed by atoms with Gasteiger partial charge in [0.25, 0.3) is 5.91 Å². The Kier molecular flexibility index (Phi) is 7.34. The zero-order valence-corrected chi connectivity index (χ0v) is 21.3. The van der Waals surface area contributed by atoms with E-state index in [2.05, 4.69) is 44.9 Å². The van der Waals surface area contributed by atoms with E-state index in [1.54, 1.807) is 0 Å². The van der Waals surface area contributed by atoms with Crippen molar-refractivity contribution < 1.29 is 14.0 Å². The molecule has 0 aromatic carbocycles. The van der Waals surface area contributed by atoms with E-state index in [1.165, 1.54) is 23.0 Å². The molecule has 0 aliphatic heterocycles. The van der Waals surface area contributed by atoms with Gasteiger partial charge in [-0.25, -0.2) is 13.9 Å². The number of nitrogens with one attached hydrogen (secondary N) is 3. The van der Waals surface area contributed by atoms with Gasteiger partial charge in [0.05, 0.1) is 23.8 Å². The van der Waals surface area contributed by atoms with E-state index < -0.39 is 11.7 Å². The number of hydrogen-bond acceptors (Lipinski definition) is 7. The van der Waals surface area contributed by atoms with E-state index in [-0.39, 0.29) is 17.4 Å². The lowest BCUT2D eigenvalue weighted by Gasteiger charge is -2.29. The van der Waals surface area contributed by atoms with E-state index >= 15 is 0 Å². The van der Waals surface area contributed by atoms with Gasteiger partial charge in [-0.05, 0) is 56.4 Å². The van der Waals surface area contributed by atoms with Gasteiger partial charge in [0.1, 0.15) is 11.6 Å². The van der Waals surface area contributed by atoms with Crippen molar-refractivity contribution in [1.82, 2.24) is 19.6 Å². The third-order valence-corrected chi connectivity index (χ3v) is 7.01. The highest BCUT2D eigenvalue weighted by molar-refractivity contribution is 6.03. The number of halogens is 1. The van der Waals surface area contributed by atoms with Crippen LogP contribution in [0.15, 0.2) is 30.7 Å². The summed E-state index contributed by atoms with van der Waals surface area (Å²) in [6.45, 7) is 4.17. The standard InChI is InChI=1S/C27H34FN7O2/c1-16(2)11-20(36)12-17-3-5-19(6-4-17)32-25-13-23(31-18-7-8-18)26-30-15-24(35(26)34-25)27(37)33-22-9-10-29-14-21(22)28/h9-10,13-19,31H,3-8,11-12H2,1-2H3,(H,32,34)(H,29,33,37). The van der Waals surface area contributed by atoms with Crippen molar-refractivity contribution >= 4 is 34.5 Å². The maximum absolute atomic E-state index is 14.0. The van der Waals surface area contributed by atoms with Crippen LogP contribution in [-0.4, -0.2) is 43.4 Å². The zero-order chi connectivity index (χ0) is 25.9. The number of carbonyl (C=O) groups excluding carboxylic acids is 2. The number of fused-ring (bicyclic) bond motifs is 1. The fourth-order valence-corrected chi connectivity index (χ4v) is 4.99. The number of aromatic nitrogens is 4. The molecule has 5 rings (SSSR count). The Balaban J connectivity index is 1.31. The molecular formula is C27H34FN7O2. The summed E-state index contributed by atoms with van der Waals surface area (Å²) in [6, 6.07) is 3.98. The maximum atomic E-state index is 14.0. The fourth-order valence-electron chi connectivity index (χ4n) is 4.99. The Hall–Kier alpha value is -3.56. The average molecular weight is 508 g/mol. The van der Waals surface area contributed by atoms with Crippen LogP contribution >= 0.6 is 0 Å². The lowest BCUT2D eigenvalue weighted by Crippen LogP contribution is -2.28. The quantitative estimate of drug-likeness (QED) is 0.351. The number of rotatable bonds is 10. The molecular weight excluding hydrogens is 473 g/mol. The van der Waals surface area contributed by atoms with Crippen molar-refractivity contribution in [3.63, 3.8) is 0 Å². The Morgan fingerprint density at radius 1 is 1.05 bits per heavy atom. The molecule has 1 amide bonds. The predicted octanol–water partition coefficient (Wildman–Crippen LogP) is 5.07. The number of anilines is 3. The Morgan fingerprint density at radius 2 is 1.78 bits per heavy atom. The number of nitrogens with zero attached hydrogens (tertiary/aromatic N) is 4. The number of ketones is 1. The molecule has 2 aliphatic rings. The van der Waals surface area contributed by atoms with Crippen LogP contribution < -0.4 is 16.0 Å². The van der Waals surface area contributed by atoms with Gasteiger partial charge in [-0.1, -0.05) is 13.8 Å². The van der Waals surface area contributed by atoms with Gasteiger partial charge in [0.2, 0.25) is 0 Å². The summed E-state index contributed by atoms with van der Waals surface area (Å²) < 4.78 is 15.6. The van der Waals surface area contributed by atoms with Crippen molar-refractivity contribution in [3.05, 3.63) is 42.2 Å². The van der Waals surface area contributed by atoms with Crippen LogP contribution in [0.2, 0.25) is 0 Å². The molecule has 3 heterocycles. The van der Waals surface area contributed by atoms with Crippen LogP contribution in [0.5, 0.6) is 0 Å². The summed E-state index contributed by atoms with van der Waals surface area (Å²) in [7, 11) is 0. The second-order valence-corrected chi connectivity index (χ2v) is 10.8. The lowest BCUT2D eigenvalue weighted by atomic mass is 9.82. The van der Waals surface area contributed by atoms with Crippen molar-refractivity contribution in [3.8, 4) is 0 Å². The second kappa shape index (κ2) is 10.8. The van der Waals surface area contributed by atoms with Gasteiger partial charge in [-0.2, -0.15) is 0 Å². The molecule has 0 atom stereocenters. The number of pyridine rings is 1. The SMILES string of the molecule is CC(C)CC(=O)CC1CCC(Nc2cc(NC3CC3)c3ncc(C(=O)Nc4ccncc4F)n3n2)CC1. The minimum Gasteiger partial charge on any atom is -0.379 e. The summed E-state index contributed by atoms with van der Waals surface area (Å²) in [5, 5.41) is 14.3. The Morgan fingerprint density at radius 3 is 2.49 bits per heavy atom. The van der Waals surface area contributed by atoms with E-state index in [1.807, 2.05) is 6.07 Å². The number of hydrogen-bond donors (Lipinski definition) is 3. The van der Waals surface area contributed by atoms with Crippen LogP contribution in [-0.2, 0) is 4.79 Å². The lowest BCUT2D eigenvalue weighted by molar-refractivity contribution is -0.120. The van der Waals surface area contributed by atoms with Crippen molar-refractivity contribution in [2.24, 2.45) is 11.8 Å². The van der Waals surface area contributed by atoms with E-state index in [4.69, 9.17) is 0 Å². The number of carbonyl (C=O) groups is 2. The molecule has 196 valence electrons. The molecule has 0 unspecified atom stereocenters. The molecule has 2 aliphatic carbocycles. The normalized spacial score (nSPS) is 19.7. The molecule has 0 radical (unpaired) electrons. The summed E-state index contributed by atoms with van der Waals surface area (Å²) in [6.07, 6.45) is 11.4. The molecule has 2 fully saturated rings. The third-order valence-electron chi connectivity index (χ3n) is 7.01. The van der Waals surface area contributed by atoms with Gasteiger partial charge in [-0.15, -0.1) is 5.10 Å². The molecule has 10 heteroatoms. The monoisotopic (exact) mass is 507 g/mol. The zero-order valence-electron chi connectivity index (χ0n) is 21.3. The number of Topliss-reactive ketones (excluding diaryl/α,β-unsaturated/α-hetero) is 1. The molecule has 0 saturated heterocycles. The topological polar surface area (TPSA) is 113 Å². The first-order valence-corrected chi connectivity index (χ1v) is 13.2. The predicted molar refractivity (Wildman–Crippen MR) is 140 cm³/mol. The maximum Gasteiger partial charge on any atom is 0.276 e. The van der Waals surface area contributed by atoms with Crippen molar-refractivity contribution in [2.75, 3.05) is 16.0 Å². The molecule has 0 spiro atoms. The highest BCUT2D eigenvalue weighted by atomic mass is 19.1.